The molecule has 0 bridgehead atoms. The summed E-state index contributed by atoms with van der Waals surface area (Å²) >= 11 is 0. The van der Waals surface area contributed by atoms with Crippen LogP contribution in [0.5, 0.6) is 0 Å². The maximum atomic E-state index is 7.91. The molecular formula is C3H8O2Zn. The molecule has 6 heavy (non-hydrogen) atoms. The Morgan fingerprint density at radius 2 is 1.33 bits per heavy atom. The summed E-state index contributed by atoms with van der Waals surface area (Å²) in [6.45, 7) is 0.188. The van der Waals surface area contributed by atoms with E-state index in [1.165, 1.54) is 0 Å². The zero-order chi connectivity index (χ0) is 4.12. The van der Waals surface area contributed by atoms with Gasteiger partial charge in [-0.3, -0.25) is 0 Å². The summed E-state index contributed by atoms with van der Waals surface area (Å²) in [5.41, 5.74) is 0. The zero-order valence-electron chi connectivity index (χ0n) is 3.72. The molecule has 0 heterocycles. The van der Waals surface area contributed by atoms with E-state index in [1.54, 1.807) is 0 Å². The first kappa shape index (κ1) is 9.74. The first-order valence-corrected chi connectivity index (χ1v) is 1.63. The van der Waals surface area contributed by atoms with Crippen LogP contribution in [0.2, 0.25) is 0 Å². The molecule has 0 atom stereocenters. The average Bonchev–Trinajstić information content (AvgIpc) is 1.41. The fourth-order valence-corrected chi connectivity index (χ4v) is 0.0707. The second-order valence-electron chi connectivity index (χ2n) is 0.801. The van der Waals surface area contributed by atoms with Crippen molar-refractivity contribution in [2.45, 2.75) is 6.42 Å². The predicted molar refractivity (Wildman–Crippen MR) is 18.8 cm³/mol. The monoisotopic (exact) mass is 140 g/mol. The van der Waals surface area contributed by atoms with Gasteiger partial charge in [0.25, 0.3) is 0 Å². The molecule has 0 fully saturated rings. The molecule has 0 aromatic carbocycles. The summed E-state index contributed by atoms with van der Waals surface area (Å²) in [6.07, 6.45) is 0.500. The number of aliphatic hydroxyl groups excluding tert-OH is 2. The molecule has 0 saturated heterocycles. The van der Waals surface area contributed by atoms with Gasteiger partial charge in [-0.25, -0.2) is 0 Å². The summed E-state index contributed by atoms with van der Waals surface area (Å²) in [4.78, 5) is 0. The topological polar surface area (TPSA) is 40.5 Å². The normalized spacial score (nSPS) is 7.00. The Morgan fingerprint density at radius 1 is 1.00 bits per heavy atom. The van der Waals surface area contributed by atoms with E-state index in [1.807, 2.05) is 0 Å². The number of aliphatic hydroxyl groups is 2. The van der Waals surface area contributed by atoms with E-state index >= 15 is 0 Å². The molecule has 2 N–H and O–H groups in total. The van der Waals surface area contributed by atoms with Crippen molar-refractivity contribution in [3.8, 4) is 0 Å². The van der Waals surface area contributed by atoms with Crippen LogP contribution in [0.1, 0.15) is 6.42 Å². The molecule has 0 radical (unpaired) electrons. The summed E-state index contributed by atoms with van der Waals surface area (Å²) in [7, 11) is 0. The van der Waals surface area contributed by atoms with Crippen molar-refractivity contribution in [1.82, 2.24) is 0 Å². The van der Waals surface area contributed by atoms with Crippen LogP contribution in [0.25, 0.3) is 0 Å². The largest absolute Gasteiger partial charge is 0.396 e. The Hall–Kier alpha value is 0.543. The third kappa shape index (κ3) is 8.82. The van der Waals surface area contributed by atoms with E-state index in [0.29, 0.717) is 6.42 Å². The van der Waals surface area contributed by atoms with E-state index in [-0.39, 0.29) is 32.7 Å². The van der Waals surface area contributed by atoms with E-state index in [2.05, 4.69) is 0 Å². The van der Waals surface area contributed by atoms with Crippen molar-refractivity contribution in [3.63, 3.8) is 0 Å². The smallest absolute Gasteiger partial charge is 0.0452 e. The number of hydrogen-bond acceptors (Lipinski definition) is 2. The SMILES string of the molecule is OCCCO.[Zn]. The van der Waals surface area contributed by atoms with Gasteiger partial charge in [-0.05, 0) is 6.42 Å². The molecule has 0 spiro atoms. The van der Waals surface area contributed by atoms with Crippen LogP contribution >= 0.6 is 0 Å². The van der Waals surface area contributed by atoms with Gasteiger partial charge < -0.3 is 10.2 Å². The minimum Gasteiger partial charge on any atom is -0.396 e. The van der Waals surface area contributed by atoms with Crippen LogP contribution in [-0.4, -0.2) is 23.4 Å². The van der Waals surface area contributed by atoms with Gasteiger partial charge in [0.15, 0.2) is 0 Å². The molecule has 0 amide bonds. The fraction of sp³-hybridized carbons (Fsp3) is 1.00. The molecule has 0 unspecified atom stereocenters. The Kier molecular flexibility index (Phi) is 14.8. The van der Waals surface area contributed by atoms with E-state index in [9.17, 15) is 0 Å². The van der Waals surface area contributed by atoms with Gasteiger partial charge in [0.2, 0.25) is 0 Å². The molecule has 3 heteroatoms. The van der Waals surface area contributed by atoms with E-state index in [4.69, 9.17) is 10.2 Å². The summed E-state index contributed by atoms with van der Waals surface area (Å²) < 4.78 is 0. The Labute approximate surface area is 49.9 Å². The first-order valence-electron chi connectivity index (χ1n) is 1.63. The molecular weight excluding hydrogens is 133 g/mol. The molecule has 34 valence electrons. The van der Waals surface area contributed by atoms with Gasteiger partial charge in [0.05, 0.1) is 0 Å². The summed E-state index contributed by atoms with van der Waals surface area (Å²) in [5.74, 6) is 0. The average molecular weight is 141 g/mol. The summed E-state index contributed by atoms with van der Waals surface area (Å²) in [5, 5.41) is 15.8. The van der Waals surface area contributed by atoms with Gasteiger partial charge in [-0.1, -0.05) is 0 Å². The number of rotatable bonds is 2. The molecule has 2 nitrogen and oxygen atoms in total. The molecule has 0 aliphatic rings. The van der Waals surface area contributed by atoms with Gasteiger partial charge in [-0.15, -0.1) is 0 Å². The third-order valence-electron chi connectivity index (χ3n) is 0.316. The Morgan fingerprint density at radius 3 is 1.33 bits per heavy atom. The van der Waals surface area contributed by atoms with Crippen molar-refractivity contribution in [3.05, 3.63) is 0 Å². The van der Waals surface area contributed by atoms with E-state index < -0.39 is 0 Å². The minimum atomic E-state index is 0. The van der Waals surface area contributed by atoms with Crippen molar-refractivity contribution in [1.29, 1.82) is 0 Å². The fourth-order valence-electron chi connectivity index (χ4n) is 0.0707. The predicted octanol–water partition coefficient (Wildman–Crippen LogP) is -0.641. The third-order valence-corrected chi connectivity index (χ3v) is 0.316. The maximum Gasteiger partial charge on any atom is 0.0452 e. The zero-order valence-corrected chi connectivity index (χ0v) is 6.69. The standard InChI is InChI=1S/C3H8O2.Zn/c4-2-1-3-5;/h4-5H,1-3H2;. The van der Waals surface area contributed by atoms with Crippen molar-refractivity contribution < 1.29 is 29.7 Å². The van der Waals surface area contributed by atoms with Crippen LogP contribution in [0, 0.1) is 0 Å². The summed E-state index contributed by atoms with van der Waals surface area (Å²) in [6, 6.07) is 0. The minimum absolute atomic E-state index is 0. The van der Waals surface area contributed by atoms with Crippen molar-refractivity contribution in [2.24, 2.45) is 0 Å². The molecule has 0 saturated carbocycles. The maximum absolute atomic E-state index is 7.91. The molecule has 0 aromatic heterocycles. The van der Waals surface area contributed by atoms with Crippen molar-refractivity contribution in [2.75, 3.05) is 13.2 Å². The van der Waals surface area contributed by atoms with Crippen molar-refractivity contribution >= 4 is 0 Å². The van der Waals surface area contributed by atoms with Gasteiger partial charge in [0.1, 0.15) is 0 Å². The van der Waals surface area contributed by atoms with Crippen LogP contribution in [0.3, 0.4) is 0 Å². The first-order chi connectivity index (χ1) is 2.41. The second-order valence-corrected chi connectivity index (χ2v) is 0.801. The molecule has 0 aromatic rings. The molecule has 0 aliphatic heterocycles. The van der Waals surface area contributed by atoms with Gasteiger partial charge >= 0.3 is 0 Å². The van der Waals surface area contributed by atoms with Crippen LogP contribution < -0.4 is 0 Å². The molecule has 0 aliphatic carbocycles. The van der Waals surface area contributed by atoms with Crippen LogP contribution in [-0.2, 0) is 19.5 Å². The van der Waals surface area contributed by atoms with Crippen LogP contribution in [0.4, 0.5) is 0 Å². The van der Waals surface area contributed by atoms with Gasteiger partial charge in [0, 0.05) is 32.7 Å². The Balaban J connectivity index is 0. The number of hydrogen-bond donors (Lipinski definition) is 2. The Bertz CT molecular complexity index is 16.3. The van der Waals surface area contributed by atoms with Crippen LogP contribution in [0.15, 0.2) is 0 Å². The van der Waals surface area contributed by atoms with Gasteiger partial charge in [-0.2, -0.15) is 0 Å². The quantitative estimate of drug-likeness (QED) is 0.502. The van der Waals surface area contributed by atoms with E-state index in [0.717, 1.165) is 0 Å². The molecule has 0 rings (SSSR count). The second kappa shape index (κ2) is 9.11.